The van der Waals surface area contributed by atoms with Crippen LogP contribution in [0.1, 0.15) is 57.1 Å². The lowest BCUT2D eigenvalue weighted by atomic mass is 9.66. The van der Waals surface area contributed by atoms with Gasteiger partial charge in [-0.1, -0.05) is 30.4 Å². The molecule has 0 saturated carbocycles. The van der Waals surface area contributed by atoms with E-state index in [2.05, 4.69) is 20.1 Å². The number of unbranched alkanes of at least 4 members (excludes halogenated alkanes) is 2. The maximum absolute atomic E-state index is 15.0. The number of aryl methyl sites for hydroxylation is 2. The highest BCUT2D eigenvalue weighted by atomic mass is 32.2. The second-order valence-corrected chi connectivity index (χ2v) is 15.1. The fourth-order valence-electron chi connectivity index (χ4n) is 8.20. The Hall–Kier alpha value is -3.56. The molecule has 2 unspecified atom stereocenters. The average Bonchev–Trinajstić information content (AvgIpc) is 3.62. The van der Waals surface area contributed by atoms with Crippen LogP contribution in [0.15, 0.2) is 67.8 Å². The normalized spacial score (nSPS) is 25.9. The molecular formula is C38H49N3O5S. The van der Waals surface area contributed by atoms with Gasteiger partial charge in [-0.15, -0.1) is 24.9 Å². The molecule has 3 heterocycles. The van der Waals surface area contributed by atoms with Crippen molar-refractivity contribution in [3.8, 4) is 5.75 Å². The summed E-state index contributed by atoms with van der Waals surface area (Å²) in [5.41, 5.74) is 3.52. The number of carbonyl (C=O) groups excluding carboxylic acids is 3. The number of aliphatic hydroxyl groups excluding tert-OH is 1. The van der Waals surface area contributed by atoms with Crippen molar-refractivity contribution in [2.24, 2.45) is 11.8 Å². The highest BCUT2D eigenvalue weighted by Crippen LogP contribution is 2.71. The number of aliphatic hydroxyl groups is 1. The third-order valence-corrected chi connectivity index (χ3v) is 12.1. The lowest BCUT2D eigenvalue weighted by Gasteiger charge is -2.38. The molecule has 5 rings (SSSR count). The molecule has 2 bridgehead atoms. The van der Waals surface area contributed by atoms with Crippen molar-refractivity contribution in [1.29, 1.82) is 0 Å². The topological polar surface area (TPSA) is 90.4 Å². The Morgan fingerprint density at radius 3 is 2.28 bits per heavy atom. The Bertz CT molecular complexity index is 1490. The minimum Gasteiger partial charge on any atom is -0.494 e. The lowest BCUT2D eigenvalue weighted by molar-refractivity contribution is -0.139. The summed E-state index contributed by atoms with van der Waals surface area (Å²) in [5.74, 6) is -0.877. The highest BCUT2D eigenvalue weighted by Gasteiger charge is 2.77. The number of thioether (sulfide) groups is 1. The van der Waals surface area contributed by atoms with Crippen LogP contribution in [0.25, 0.3) is 0 Å². The number of ether oxygens (including phenoxy) is 1. The molecule has 2 aromatic rings. The van der Waals surface area contributed by atoms with E-state index in [4.69, 9.17) is 4.74 Å². The van der Waals surface area contributed by atoms with Crippen LogP contribution in [0.3, 0.4) is 0 Å². The van der Waals surface area contributed by atoms with Gasteiger partial charge < -0.3 is 24.5 Å². The highest BCUT2D eigenvalue weighted by molar-refractivity contribution is 8.02. The number of rotatable bonds is 15. The van der Waals surface area contributed by atoms with Gasteiger partial charge in [0.1, 0.15) is 11.8 Å². The predicted molar refractivity (Wildman–Crippen MR) is 190 cm³/mol. The monoisotopic (exact) mass is 659 g/mol. The molecule has 3 aliphatic rings. The molecule has 0 aromatic heterocycles. The molecule has 3 saturated heterocycles. The van der Waals surface area contributed by atoms with Crippen LogP contribution in [0.2, 0.25) is 0 Å². The van der Waals surface area contributed by atoms with Gasteiger partial charge in [0.15, 0.2) is 0 Å². The molecule has 1 N–H and O–H groups in total. The first-order chi connectivity index (χ1) is 22.6. The van der Waals surface area contributed by atoms with E-state index in [1.165, 1.54) is 0 Å². The number of hydrogen-bond acceptors (Lipinski definition) is 6. The molecule has 0 radical (unpaired) electrons. The zero-order valence-electron chi connectivity index (χ0n) is 28.2. The Morgan fingerprint density at radius 1 is 1.00 bits per heavy atom. The number of carbonyl (C=O) groups is 3. The maximum atomic E-state index is 15.0. The van der Waals surface area contributed by atoms with Crippen molar-refractivity contribution in [2.45, 2.75) is 75.3 Å². The molecule has 252 valence electrons. The van der Waals surface area contributed by atoms with Gasteiger partial charge in [-0.2, -0.15) is 0 Å². The molecule has 5 atom stereocenters. The summed E-state index contributed by atoms with van der Waals surface area (Å²) in [6, 6.07) is 12.7. The van der Waals surface area contributed by atoms with Crippen LogP contribution in [0, 0.1) is 25.7 Å². The summed E-state index contributed by atoms with van der Waals surface area (Å²) >= 11 is 1.69. The average molecular weight is 660 g/mol. The van der Waals surface area contributed by atoms with Gasteiger partial charge in [0, 0.05) is 42.4 Å². The zero-order chi connectivity index (χ0) is 33.9. The predicted octanol–water partition coefficient (Wildman–Crippen LogP) is 6.08. The molecule has 9 heteroatoms. The summed E-state index contributed by atoms with van der Waals surface area (Å²) in [6.07, 6.45) is 6.89. The van der Waals surface area contributed by atoms with Crippen LogP contribution in [0.4, 0.5) is 11.4 Å². The number of benzene rings is 2. The third-order valence-electron chi connectivity index (χ3n) is 10.2. The number of amides is 3. The van der Waals surface area contributed by atoms with E-state index in [0.29, 0.717) is 45.5 Å². The molecule has 3 amide bonds. The second kappa shape index (κ2) is 14.3. The van der Waals surface area contributed by atoms with Crippen molar-refractivity contribution in [3.63, 3.8) is 0 Å². The Labute approximate surface area is 283 Å². The number of para-hydroxylation sites is 1. The van der Waals surface area contributed by atoms with Gasteiger partial charge in [-0.05, 0) is 95.2 Å². The largest absolute Gasteiger partial charge is 0.494 e. The van der Waals surface area contributed by atoms with E-state index in [9.17, 15) is 14.7 Å². The van der Waals surface area contributed by atoms with Crippen molar-refractivity contribution in [2.75, 3.05) is 42.6 Å². The first-order valence-corrected chi connectivity index (χ1v) is 17.6. The van der Waals surface area contributed by atoms with Crippen LogP contribution in [-0.4, -0.2) is 76.1 Å². The van der Waals surface area contributed by atoms with Crippen molar-refractivity contribution in [3.05, 3.63) is 78.9 Å². The molecule has 0 aliphatic carbocycles. The minimum atomic E-state index is -0.741. The first-order valence-electron chi connectivity index (χ1n) is 16.8. The van der Waals surface area contributed by atoms with Gasteiger partial charge >= 0.3 is 0 Å². The maximum Gasteiger partial charge on any atom is 0.251 e. The molecule has 8 nitrogen and oxygen atoms in total. The third kappa shape index (κ3) is 6.13. The van der Waals surface area contributed by atoms with Crippen LogP contribution >= 0.6 is 11.8 Å². The number of fused-ring (bicyclic) bond motifs is 1. The summed E-state index contributed by atoms with van der Waals surface area (Å²) in [7, 11) is 0. The van der Waals surface area contributed by atoms with Crippen molar-refractivity contribution >= 4 is 40.9 Å². The Kier molecular flexibility index (Phi) is 10.6. The number of nitrogens with zero attached hydrogens (tertiary/aromatic N) is 3. The summed E-state index contributed by atoms with van der Waals surface area (Å²) in [4.78, 5) is 49.9. The van der Waals surface area contributed by atoms with E-state index in [1.807, 2.05) is 63.2 Å². The van der Waals surface area contributed by atoms with Gasteiger partial charge in [0.25, 0.3) is 5.91 Å². The van der Waals surface area contributed by atoms with E-state index in [-0.39, 0.29) is 24.3 Å². The van der Waals surface area contributed by atoms with Gasteiger partial charge in [0.05, 0.1) is 23.2 Å². The Morgan fingerprint density at radius 2 is 1.66 bits per heavy atom. The van der Waals surface area contributed by atoms with E-state index in [0.717, 1.165) is 41.1 Å². The van der Waals surface area contributed by atoms with E-state index < -0.39 is 27.4 Å². The standard InChI is InChI=1S/C38H49N3O5S/c1-7-22-39(28-16-18-29(19-17-28)46-9-3)34(43)30-31-35(44)41(24-11-10-12-25-42)33(38(31)21-20-37(30,6)47-38)36(45)40(23-8-2)32-26(4)14-13-15-27(32)5/h7-8,13-19,30-31,33,42H,1-2,9-12,20-25H2,3-6H3/t30-,31+,33?,37+,38?/m1/s1. The number of anilines is 2. The first kappa shape index (κ1) is 34.8. The fourth-order valence-corrected chi connectivity index (χ4v) is 10.5. The quantitative estimate of drug-likeness (QED) is 0.184. The second-order valence-electron chi connectivity index (χ2n) is 13.2. The Balaban J connectivity index is 1.57. The summed E-state index contributed by atoms with van der Waals surface area (Å²) in [5, 5.41) is 9.42. The van der Waals surface area contributed by atoms with Gasteiger partial charge in [-0.3, -0.25) is 14.4 Å². The van der Waals surface area contributed by atoms with E-state index >= 15 is 4.79 Å². The summed E-state index contributed by atoms with van der Waals surface area (Å²) < 4.78 is 4.38. The molecule has 3 fully saturated rings. The SMILES string of the molecule is C=CCN(C(=O)[C@H]1[C@H]2C(=O)N(CCCCCO)C(C(=O)N(CC=C)c3c(C)cccc3C)C23CC[C@]1(C)S3)c1ccc(OCC)cc1. The number of hydrogen-bond donors (Lipinski definition) is 1. The molecular weight excluding hydrogens is 611 g/mol. The molecule has 1 spiro atoms. The summed E-state index contributed by atoms with van der Waals surface area (Å²) in [6.45, 7) is 17.6. The molecule has 3 aliphatic heterocycles. The van der Waals surface area contributed by atoms with Gasteiger partial charge in [-0.25, -0.2) is 0 Å². The van der Waals surface area contributed by atoms with Crippen molar-refractivity contribution in [1.82, 2.24) is 4.90 Å². The van der Waals surface area contributed by atoms with Crippen LogP contribution in [-0.2, 0) is 14.4 Å². The smallest absolute Gasteiger partial charge is 0.251 e. The van der Waals surface area contributed by atoms with E-state index in [1.54, 1.807) is 38.6 Å². The zero-order valence-corrected chi connectivity index (χ0v) is 29.1. The minimum absolute atomic E-state index is 0.0814. The number of likely N-dealkylation sites (tertiary alicyclic amines) is 1. The van der Waals surface area contributed by atoms with Crippen LogP contribution in [0.5, 0.6) is 5.75 Å². The molecule has 47 heavy (non-hydrogen) atoms. The lowest BCUT2D eigenvalue weighted by Crippen LogP contribution is -2.55. The van der Waals surface area contributed by atoms with Crippen molar-refractivity contribution < 1.29 is 24.2 Å². The van der Waals surface area contributed by atoms with Crippen LogP contribution < -0.4 is 14.5 Å². The molecule has 2 aromatic carbocycles. The fraction of sp³-hybridized carbons (Fsp3) is 0.500. The van der Waals surface area contributed by atoms with Gasteiger partial charge in [0.2, 0.25) is 11.8 Å².